The van der Waals surface area contributed by atoms with Crippen molar-refractivity contribution >= 4 is 32.4 Å². The number of hydrogen-bond donors (Lipinski definition) is 0. The smallest absolute Gasteiger partial charge is 0.182 e. The van der Waals surface area contributed by atoms with E-state index in [4.69, 9.17) is 4.74 Å². The maximum Gasteiger partial charge on any atom is 0.182 e. The zero-order valence-corrected chi connectivity index (χ0v) is 13.3. The normalized spacial score (nSPS) is 11.3. The fourth-order valence-corrected chi connectivity index (χ4v) is 3.48. The SMILES string of the molecule is COc1ccccc1CS(=O)(=O)c1ccc(I)cc1. The molecule has 0 heterocycles. The molecule has 0 fully saturated rings. The first-order chi connectivity index (χ1) is 9.03. The molecular weight excluding hydrogens is 375 g/mol. The van der Waals surface area contributed by atoms with E-state index in [0.717, 1.165) is 3.57 Å². The average Bonchev–Trinajstić information content (AvgIpc) is 2.39. The average molecular weight is 388 g/mol. The van der Waals surface area contributed by atoms with Gasteiger partial charge in [0.2, 0.25) is 0 Å². The molecule has 0 N–H and O–H groups in total. The van der Waals surface area contributed by atoms with Crippen LogP contribution in [0.2, 0.25) is 0 Å². The Balaban J connectivity index is 2.34. The van der Waals surface area contributed by atoms with E-state index in [9.17, 15) is 8.42 Å². The number of hydrogen-bond acceptors (Lipinski definition) is 3. The first kappa shape index (κ1) is 14.3. The van der Waals surface area contributed by atoms with Crippen molar-refractivity contribution in [2.45, 2.75) is 10.6 Å². The van der Waals surface area contributed by atoms with Gasteiger partial charge in [-0.05, 0) is 52.9 Å². The minimum atomic E-state index is -3.35. The van der Waals surface area contributed by atoms with Crippen LogP contribution in [0.4, 0.5) is 0 Å². The quantitative estimate of drug-likeness (QED) is 0.756. The van der Waals surface area contributed by atoms with E-state index in [2.05, 4.69) is 22.6 Å². The van der Waals surface area contributed by atoms with E-state index < -0.39 is 9.84 Å². The van der Waals surface area contributed by atoms with Gasteiger partial charge in [0, 0.05) is 9.13 Å². The minimum Gasteiger partial charge on any atom is -0.496 e. The zero-order valence-electron chi connectivity index (χ0n) is 10.3. The zero-order chi connectivity index (χ0) is 13.9. The molecule has 0 aliphatic carbocycles. The summed E-state index contributed by atoms with van der Waals surface area (Å²) in [5, 5.41) is 0. The lowest BCUT2D eigenvalue weighted by Crippen LogP contribution is -2.06. The van der Waals surface area contributed by atoms with Crippen molar-refractivity contribution in [3.8, 4) is 5.75 Å². The molecule has 0 aliphatic rings. The summed E-state index contributed by atoms with van der Waals surface area (Å²) in [5.41, 5.74) is 0.670. The van der Waals surface area contributed by atoms with Crippen molar-refractivity contribution in [1.82, 2.24) is 0 Å². The Morgan fingerprint density at radius 3 is 2.32 bits per heavy atom. The maximum atomic E-state index is 12.3. The summed E-state index contributed by atoms with van der Waals surface area (Å²) in [5.74, 6) is 0.536. The Morgan fingerprint density at radius 1 is 1.05 bits per heavy atom. The number of sulfone groups is 1. The number of para-hydroxylation sites is 1. The molecule has 19 heavy (non-hydrogen) atoms. The molecule has 0 bridgehead atoms. The van der Waals surface area contributed by atoms with Crippen LogP contribution in [0, 0.1) is 3.57 Å². The van der Waals surface area contributed by atoms with Crippen LogP contribution >= 0.6 is 22.6 Å². The lowest BCUT2D eigenvalue weighted by Gasteiger charge is -2.09. The molecule has 0 aromatic heterocycles. The Hall–Kier alpha value is -1.08. The highest BCUT2D eigenvalue weighted by Gasteiger charge is 2.17. The van der Waals surface area contributed by atoms with Crippen LogP contribution in [0.5, 0.6) is 5.75 Å². The standard InChI is InChI=1S/C14H13IO3S/c1-18-14-5-3-2-4-11(14)10-19(16,17)13-8-6-12(15)7-9-13/h2-9H,10H2,1H3. The largest absolute Gasteiger partial charge is 0.496 e. The summed E-state index contributed by atoms with van der Waals surface area (Å²) in [7, 11) is -1.81. The predicted octanol–water partition coefficient (Wildman–Crippen LogP) is 3.27. The summed E-state index contributed by atoms with van der Waals surface area (Å²) in [4.78, 5) is 0.332. The van der Waals surface area contributed by atoms with E-state index in [-0.39, 0.29) is 5.75 Å². The predicted molar refractivity (Wildman–Crippen MR) is 83.0 cm³/mol. The second kappa shape index (κ2) is 5.92. The first-order valence-electron chi connectivity index (χ1n) is 5.63. The Bertz CT molecular complexity index is 663. The summed E-state index contributed by atoms with van der Waals surface area (Å²) >= 11 is 2.14. The summed E-state index contributed by atoms with van der Waals surface area (Å²) < 4.78 is 30.8. The number of methoxy groups -OCH3 is 1. The third kappa shape index (κ3) is 3.48. The van der Waals surface area contributed by atoms with E-state index >= 15 is 0 Å². The van der Waals surface area contributed by atoms with Gasteiger partial charge < -0.3 is 4.74 Å². The monoisotopic (exact) mass is 388 g/mol. The Morgan fingerprint density at radius 2 is 1.68 bits per heavy atom. The minimum absolute atomic E-state index is 0.0579. The molecule has 3 nitrogen and oxygen atoms in total. The van der Waals surface area contributed by atoms with Gasteiger partial charge in [-0.15, -0.1) is 0 Å². The molecular formula is C14H13IO3S. The number of rotatable bonds is 4. The topological polar surface area (TPSA) is 43.4 Å². The second-order valence-electron chi connectivity index (χ2n) is 4.02. The molecule has 0 saturated carbocycles. The van der Waals surface area contributed by atoms with Gasteiger partial charge in [0.1, 0.15) is 5.75 Å². The van der Waals surface area contributed by atoms with Crippen molar-refractivity contribution in [1.29, 1.82) is 0 Å². The van der Waals surface area contributed by atoms with Crippen LogP contribution in [-0.2, 0) is 15.6 Å². The molecule has 0 radical (unpaired) electrons. The third-order valence-electron chi connectivity index (χ3n) is 2.71. The van der Waals surface area contributed by atoms with Crippen LogP contribution in [0.15, 0.2) is 53.4 Å². The fourth-order valence-electron chi connectivity index (χ4n) is 1.75. The van der Waals surface area contributed by atoms with E-state index in [0.29, 0.717) is 16.2 Å². The number of halogens is 1. The van der Waals surface area contributed by atoms with Gasteiger partial charge in [-0.3, -0.25) is 0 Å². The highest BCUT2D eigenvalue weighted by molar-refractivity contribution is 14.1. The van der Waals surface area contributed by atoms with E-state index in [1.54, 1.807) is 42.5 Å². The van der Waals surface area contributed by atoms with Crippen molar-refractivity contribution in [2.75, 3.05) is 7.11 Å². The van der Waals surface area contributed by atoms with Crippen LogP contribution < -0.4 is 4.74 Å². The summed E-state index contributed by atoms with van der Waals surface area (Å²) in [6, 6.07) is 14.0. The molecule has 0 amide bonds. The van der Waals surface area contributed by atoms with Gasteiger partial charge in [-0.1, -0.05) is 18.2 Å². The van der Waals surface area contributed by atoms with Crippen LogP contribution in [-0.4, -0.2) is 15.5 Å². The third-order valence-corrected chi connectivity index (χ3v) is 5.11. The molecule has 0 spiro atoms. The number of ether oxygens (including phenoxy) is 1. The number of benzene rings is 2. The lowest BCUT2D eigenvalue weighted by atomic mass is 10.2. The molecule has 2 rings (SSSR count). The highest BCUT2D eigenvalue weighted by atomic mass is 127. The lowest BCUT2D eigenvalue weighted by molar-refractivity contribution is 0.411. The highest BCUT2D eigenvalue weighted by Crippen LogP contribution is 2.23. The summed E-state index contributed by atoms with van der Waals surface area (Å²) in [6.45, 7) is 0. The molecule has 2 aromatic rings. The van der Waals surface area contributed by atoms with Gasteiger partial charge in [0.15, 0.2) is 9.84 Å². The fraction of sp³-hybridized carbons (Fsp3) is 0.143. The van der Waals surface area contributed by atoms with Gasteiger partial charge in [-0.25, -0.2) is 8.42 Å². The molecule has 0 saturated heterocycles. The van der Waals surface area contributed by atoms with Crippen molar-refractivity contribution in [3.63, 3.8) is 0 Å². The van der Waals surface area contributed by atoms with E-state index in [1.807, 2.05) is 6.07 Å². The van der Waals surface area contributed by atoms with Crippen molar-refractivity contribution < 1.29 is 13.2 Å². The Kier molecular flexibility index (Phi) is 4.46. The summed E-state index contributed by atoms with van der Waals surface area (Å²) in [6.07, 6.45) is 0. The van der Waals surface area contributed by atoms with Crippen LogP contribution in [0.25, 0.3) is 0 Å². The molecule has 100 valence electrons. The molecule has 2 aromatic carbocycles. The van der Waals surface area contributed by atoms with Crippen molar-refractivity contribution in [3.05, 3.63) is 57.7 Å². The van der Waals surface area contributed by atoms with Gasteiger partial charge in [0.25, 0.3) is 0 Å². The Labute approximate surface area is 126 Å². The van der Waals surface area contributed by atoms with Gasteiger partial charge in [0.05, 0.1) is 17.8 Å². The van der Waals surface area contributed by atoms with Crippen molar-refractivity contribution in [2.24, 2.45) is 0 Å². The maximum absolute atomic E-state index is 12.3. The molecule has 0 aliphatic heterocycles. The van der Waals surface area contributed by atoms with Gasteiger partial charge in [-0.2, -0.15) is 0 Å². The van der Waals surface area contributed by atoms with Crippen LogP contribution in [0.1, 0.15) is 5.56 Å². The molecule has 0 unspecified atom stereocenters. The van der Waals surface area contributed by atoms with E-state index in [1.165, 1.54) is 7.11 Å². The molecule has 0 atom stereocenters. The van der Waals surface area contributed by atoms with Crippen LogP contribution in [0.3, 0.4) is 0 Å². The first-order valence-corrected chi connectivity index (χ1v) is 8.36. The second-order valence-corrected chi connectivity index (χ2v) is 7.26. The molecule has 5 heteroatoms. The van der Waals surface area contributed by atoms with Gasteiger partial charge >= 0.3 is 0 Å².